The molecule has 1 unspecified atom stereocenters. The zero-order chi connectivity index (χ0) is 11.8. The summed E-state index contributed by atoms with van der Waals surface area (Å²) in [6.45, 7) is 16.5. The molecular weight excluding hydrogens is 406 g/mol. The molecule has 0 radical (unpaired) electrons. The summed E-state index contributed by atoms with van der Waals surface area (Å²) in [5, 5.41) is 0. The normalized spacial score (nSPS) is 9.47. The van der Waals surface area contributed by atoms with E-state index in [4.69, 9.17) is 0 Å². The van der Waals surface area contributed by atoms with Crippen molar-refractivity contribution in [2.75, 3.05) is 0 Å². The number of hydrogen-bond donors (Lipinski definition) is 0. The third kappa shape index (κ3) is 39.9. The first-order chi connectivity index (χ1) is 6.72. The quantitative estimate of drug-likeness (QED) is 0.474. The molecule has 0 nitrogen and oxygen atoms in total. The van der Waals surface area contributed by atoms with Gasteiger partial charge in [-0.1, -0.05) is 66.9 Å². The molecule has 0 N–H and O–H groups in total. The molecule has 1 atom stereocenters. The summed E-state index contributed by atoms with van der Waals surface area (Å²) in [5.41, 5.74) is 0. The Kier molecular flexibility index (Phi) is 48.6. The second-order valence-corrected chi connectivity index (χ2v) is 3.47. The maximum Gasteiger partial charge on any atom is 0 e. The van der Waals surface area contributed by atoms with Crippen LogP contribution < -0.4 is 0 Å². The predicted octanol–water partition coefficient (Wildman–Crippen LogP) is 5.83. The van der Waals surface area contributed by atoms with Gasteiger partial charge < -0.3 is 0 Å². The van der Waals surface area contributed by atoms with Crippen molar-refractivity contribution in [1.82, 2.24) is 0 Å². The Morgan fingerprint density at radius 1 is 1.07 bits per heavy atom. The second kappa shape index (κ2) is 29.3. The van der Waals surface area contributed by atoms with Gasteiger partial charge in [-0.05, 0) is 18.8 Å². The summed E-state index contributed by atoms with van der Waals surface area (Å²) < 4.78 is 0. The third-order valence-corrected chi connectivity index (χ3v) is 1.65. The van der Waals surface area contributed by atoms with E-state index in [2.05, 4.69) is 34.3 Å². The van der Waals surface area contributed by atoms with Gasteiger partial charge in [0.1, 0.15) is 0 Å². The molecule has 15 heavy (non-hydrogen) atoms. The molecule has 0 aromatic carbocycles. The molecule has 0 aliphatic rings. The van der Waals surface area contributed by atoms with Gasteiger partial charge in [-0.15, -0.1) is 6.58 Å². The van der Waals surface area contributed by atoms with Crippen molar-refractivity contribution < 1.29 is 31.1 Å². The molecule has 0 aliphatic heterocycles. The molecule has 0 aliphatic carbocycles. The van der Waals surface area contributed by atoms with Crippen molar-refractivity contribution in [3.63, 3.8) is 0 Å². The summed E-state index contributed by atoms with van der Waals surface area (Å²) in [4.78, 5) is 0. The fraction of sp³-hybridized carbons (Fsp3) is 0.857. The van der Waals surface area contributed by atoms with Crippen LogP contribution >= 0.6 is 0 Å². The Labute approximate surface area is 123 Å². The van der Waals surface area contributed by atoms with Crippen LogP contribution in [0.3, 0.4) is 0 Å². The monoisotopic (exact) mass is 438 g/mol. The Bertz CT molecular complexity index is 79.4. The molecule has 0 rings (SSSR count). The first kappa shape index (κ1) is 24.8. The predicted molar refractivity (Wildman–Crippen MR) is 70.8 cm³/mol. The second-order valence-electron chi connectivity index (χ2n) is 3.47. The zero-order valence-corrected chi connectivity index (χ0v) is 16.1. The van der Waals surface area contributed by atoms with Crippen molar-refractivity contribution in [3.8, 4) is 0 Å². The van der Waals surface area contributed by atoms with Gasteiger partial charge in [0, 0.05) is 31.1 Å². The van der Waals surface area contributed by atoms with Crippen LogP contribution in [0.2, 0.25) is 0 Å². The first-order valence-corrected chi connectivity index (χ1v) is 6.33. The summed E-state index contributed by atoms with van der Waals surface area (Å²) in [6, 6.07) is 0. The van der Waals surface area contributed by atoms with Crippen LogP contribution in [0.5, 0.6) is 0 Å². The maximum atomic E-state index is 3.69. The molecule has 0 spiro atoms. The van der Waals surface area contributed by atoms with E-state index in [1.807, 2.05) is 19.9 Å². The van der Waals surface area contributed by atoms with E-state index in [9.17, 15) is 0 Å². The van der Waals surface area contributed by atoms with E-state index < -0.39 is 0 Å². The van der Waals surface area contributed by atoms with Crippen LogP contribution in [0.1, 0.15) is 73.6 Å². The van der Waals surface area contributed by atoms with E-state index in [1.54, 1.807) is 0 Å². The smallest absolute Gasteiger partial charge is 0 e. The largest absolute Gasteiger partial charge is 0.103 e. The van der Waals surface area contributed by atoms with Crippen molar-refractivity contribution >= 4 is 0 Å². The van der Waals surface area contributed by atoms with Crippen LogP contribution in [-0.2, 0) is 0 Å². The molecule has 0 saturated carbocycles. The molecule has 0 saturated heterocycles. The Morgan fingerprint density at radius 3 is 1.73 bits per heavy atom. The topological polar surface area (TPSA) is 0 Å². The maximum absolute atomic E-state index is 3.69. The summed E-state index contributed by atoms with van der Waals surface area (Å²) in [5.74, 6) is 0.896. The molecule has 0 aromatic heterocycles. The van der Waals surface area contributed by atoms with Crippen LogP contribution in [0.25, 0.3) is 0 Å². The van der Waals surface area contributed by atoms with Crippen LogP contribution in [-0.4, -0.2) is 0 Å². The average molecular weight is 438 g/mol. The fourth-order valence-corrected chi connectivity index (χ4v) is 1.04. The standard InChI is InChI=1S/C9H18.C3H8.C2H6.U/c1-4-6-8-9(3)7-5-2;1-3-2;1-2;/h4,9H,1,5-8H2,2-3H3;3H2,1-2H3;1-2H3;. The van der Waals surface area contributed by atoms with Crippen molar-refractivity contribution in [2.45, 2.75) is 73.6 Å². The van der Waals surface area contributed by atoms with Gasteiger partial charge in [0.2, 0.25) is 0 Å². The average Bonchev–Trinajstić information content (AvgIpc) is 2.20. The van der Waals surface area contributed by atoms with E-state index in [1.165, 1.54) is 32.1 Å². The summed E-state index contributed by atoms with van der Waals surface area (Å²) in [6.07, 6.45) is 8.44. The van der Waals surface area contributed by atoms with Gasteiger partial charge in [-0.25, -0.2) is 0 Å². The van der Waals surface area contributed by atoms with E-state index in [-0.39, 0.29) is 31.1 Å². The fourth-order valence-electron chi connectivity index (χ4n) is 1.04. The summed E-state index contributed by atoms with van der Waals surface area (Å²) in [7, 11) is 0. The molecule has 0 aromatic rings. The van der Waals surface area contributed by atoms with Gasteiger partial charge in [-0.2, -0.15) is 0 Å². The van der Waals surface area contributed by atoms with Gasteiger partial charge in [0.15, 0.2) is 0 Å². The van der Waals surface area contributed by atoms with Crippen molar-refractivity contribution in [3.05, 3.63) is 12.7 Å². The van der Waals surface area contributed by atoms with E-state index >= 15 is 0 Å². The minimum atomic E-state index is 0. The summed E-state index contributed by atoms with van der Waals surface area (Å²) >= 11 is 0. The number of hydrogen-bond acceptors (Lipinski definition) is 0. The molecule has 0 fully saturated rings. The van der Waals surface area contributed by atoms with Gasteiger partial charge in [-0.3, -0.25) is 0 Å². The Balaban J connectivity index is -0.0000000867. The van der Waals surface area contributed by atoms with E-state index in [0.29, 0.717) is 0 Å². The molecule has 0 heterocycles. The first-order valence-electron chi connectivity index (χ1n) is 6.33. The van der Waals surface area contributed by atoms with Gasteiger partial charge in [0.25, 0.3) is 0 Å². The zero-order valence-electron chi connectivity index (χ0n) is 11.9. The minimum Gasteiger partial charge on any atom is -0.103 e. The number of allylic oxidation sites excluding steroid dienone is 1. The molecule has 92 valence electrons. The molecule has 1 heteroatoms. The van der Waals surface area contributed by atoms with Crippen LogP contribution in [0.4, 0.5) is 0 Å². The van der Waals surface area contributed by atoms with Crippen LogP contribution in [0, 0.1) is 37.0 Å². The Morgan fingerprint density at radius 2 is 1.47 bits per heavy atom. The Hall–Kier alpha value is 0.792. The minimum absolute atomic E-state index is 0. The molecular formula is C14H32U. The molecule has 0 amide bonds. The third-order valence-electron chi connectivity index (χ3n) is 1.65. The van der Waals surface area contributed by atoms with Gasteiger partial charge >= 0.3 is 0 Å². The van der Waals surface area contributed by atoms with Crippen molar-refractivity contribution in [1.29, 1.82) is 0 Å². The van der Waals surface area contributed by atoms with Crippen molar-refractivity contribution in [2.24, 2.45) is 5.92 Å². The van der Waals surface area contributed by atoms with Gasteiger partial charge in [0.05, 0.1) is 0 Å². The number of rotatable bonds is 5. The molecule has 0 bridgehead atoms. The SMILES string of the molecule is C=CCCC(C)CCC.CC.CCC.[U]. The van der Waals surface area contributed by atoms with E-state index in [0.717, 1.165) is 5.92 Å². The van der Waals surface area contributed by atoms with Crippen LogP contribution in [0.15, 0.2) is 12.7 Å².